The van der Waals surface area contributed by atoms with Gasteiger partial charge in [-0.2, -0.15) is 0 Å². The fourth-order valence-corrected chi connectivity index (χ4v) is 10.6. The van der Waals surface area contributed by atoms with Crippen LogP contribution in [0, 0.1) is 11.3 Å². The van der Waals surface area contributed by atoms with Gasteiger partial charge >= 0.3 is 5.97 Å². The zero-order valence-corrected chi connectivity index (χ0v) is 34.9. The van der Waals surface area contributed by atoms with E-state index in [4.69, 9.17) is 18.3 Å². The van der Waals surface area contributed by atoms with E-state index in [2.05, 4.69) is 106 Å². The molecule has 3 fully saturated rings. The molecule has 0 aromatic rings. The van der Waals surface area contributed by atoms with Gasteiger partial charge in [0, 0.05) is 6.42 Å². The van der Waals surface area contributed by atoms with E-state index >= 15 is 0 Å². The lowest BCUT2D eigenvalue weighted by Gasteiger charge is -2.45. The Hall–Kier alpha value is -1.26. The maximum absolute atomic E-state index is 12.6. The standard InChI is InChI=1S/C41H70O5Si2/c1-29-32(26-34(45-47(10,11)39(3,4)5)27-37(29)46-48(12,13)40(6,7)8)22-21-31-18-17-25-41(9)35(23-24-36(31)41)30(2)43-28-38(42)44-33-19-15-14-16-20-33/h21-23,30,33-34,36-37H,1,14-20,24-28H2,2-13H3/b31-21+,32-22-/t30?,34-,36+,37+,41-/m1/s1. The van der Waals surface area contributed by atoms with Gasteiger partial charge in [0.15, 0.2) is 16.6 Å². The molecule has 7 heteroatoms. The minimum atomic E-state index is -2.01. The Morgan fingerprint density at radius 1 is 0.958 bits per heavy atom. The van der Waals surface area contributed by atoms with Crippen molar-refractivity contribution in [3.05, 3.63) is 47.1 Å². The highest BCUT2D eigenvalue weighted by atomic mass is 28.4. The minimum Gasteiger partial charge on any atom is -0.461 e. The van der Waals surface area contributed by atoms with Crippen molar-refractivity contribution in [1.82, 2.24) is 0 Å². The summed E-state index contributed by atoms with van der Waals surface area (Å²) < 4.78 is 26.1. The van der Waals surface area contributed by atoms with Crippen molar-refractivity contribution < 1.29 is 23.1 Å². The highest BCUT2D eigenvalue weighted by Crippen LogP contribution is 2.56. The summed E-state index contributed by atoms with van der Waals surface area (Å²) in [5.41, 5.74) is 5.34. The molecule has 0 spiro atoms. The average Bonchev–Trinajstić information content (AvgIpc) is 3.33. The van der Waals surface area contributed by atoms with Gasteiger partial charge in [0.25, 0.3) is 0 Å². The van der Waals surface area contributed by atoms with Gasteiger partial charge in [-0.25, -0.2) is 4.79 Å². The van der Waals surface area contributed by atoms with Crippen molar-refractivity contribution in [3.63, 3.8) is 0 Å². The number of carbonyl (C=O) groups excluding carboxylic acids is 1. The van der Waals surface area contributed by atoms with Gasteiger partial charge in [0.2, 0.25) is 0 Å². The van der Waals surface area contributed by atoms with Crippen LogP contribution in [-0.4, -0.2) is 53.6 Å². The predicted octanol–water partition coefficient (Wildman–Crippen LogP) is 11.4. The summed E-state index contributed by atoms with van der Waals surface area (Å²) in [6.07, 6.45) is 19.0. The average molecular weight is 699 g/mol. The minimum absolute atomic E-state index is 0.0155. The second-order valence-electron chi connectivity index (χ2n) is 18.7. The molecule has 4 aliphatic rings. The maximum Gasteiger partial charge on any atom is 0.332 e. The summed E-state index contributed by atoms with van der Waals surface area (Å²) in [4.78, 5) is 12.6. The van der Waals surface area contributed by atoms with E-state index in [1.165, 1.54) is 23.1 Å². The summed E-state index contributed by atoms with van der Waals surface area (Å²) in [6, 6.07) is 0. The van der Waals surface area contributed by atoms with E-state index in [0.717, 1.165) is 69.8 Å². The number of hydrogen-bond acceptors (Lipinski definition) is 5. The van der Waals surface area contributed by atoms with Crippen LogP contribution < -0.4 is 0 Å². The van der Waals surface area contributed by atoms with Crippen LogP contribution in [0.3, 0.4) is 0 Å². The van der Waals surface area contributed by atoms with Crippen LogP contribution in [-0.2, 0) is 23.1 Å². The first kappa shape index (κ1) is 39.5. The molecule has 0 heterocycles. The van der Waals surface area contributed by atoms with Gasteiger partial charge in [-0.3, -0.25) is 0 Å². The van der Waals surface area contributed by atoms with Crippen molar-refractivity contribution in [3.8, 4) is 0 Å². The van der Waals surface area contributed by atoms with Gasteiger partial charge in [-0.1, -0.05) is 85.3 Å². The molecule has 0 bridgehead atoms. The molecule has 48 heavy (non-hydrogen) atoms. The first-order valence-corrected chi connectivity index (χ1v) is 24.9. The largest absolute Gasteiger partial charge is 0.461 e. The number of rotatable bonds is 10. The van der Waals surface area contributed by atoms with Crippen LogP contribution in [0.15, 0.2) is 47.1 Å². The van der Waals surface area contributed by atoms with E-state index in [0.29, 0.717) is 5.92 Å². The van der Waals surface area contributed by atoms with E-state index in [-0.39, 0.29) is 52.5 Å². The van der Waals surface area contributed by atoms with Crippen molar-refractivity contribution in [1.29, 1.82) is 0 Å². The van der Waals surface area contributed by atoms with E-state index in [1.54, 1.807) is 0 Å². The lowest BCUT2D eigenvalue weighted by Crippen LogP contribution is -2.49. The number of carbonyl (C=O) groups is 1. The summed E-state index contributed by atoms with van der Waals surface area (Å²) >= 11 is 0. The molecule has 4 rings (SSSR count). The van der Waals surface area contributed by atoms with Gasteiger partial charge in [-0.15, -0.1) is 0 Å². The normalized spacial score (nSPS) is 30.4. The Balaban J connectivity index is 1.50. The molecule has 0 aliphatic heterocycles. The molecule has 1 unspecified atom stereocenters. The van der Waals surface area contributed by atoms with Crippen LogP contribution in [0.4, 0.5) is 0 Å². The number of fused-ring (bicyclic) bond motifs is 1. The van der Waals surface area contributed by atoms with Gasteiger partial charge < -0.3 is 18.3 Å². The topological polar surface area (TPSA) is 54.0 Å². The molecular weight excluding hydrogens is 629 g/mol. The molecule has 0 saturated heterocycles. The quantitative estimate of drug-likeness (QED) is 0.129. The van der Waals surface area contributed by atoms with Crippen molar-refractivity contribution in [2.75, 3.05) is 6.61 Å². The Morgan fingerprint density at radius 2 is 1.58 bits per heavy atom. The lowest BCUT2D eigenvalue weighted by atomic mass is 9.63. The molecule has 0 N–H and O–H groups in total. The van der Waals surface area contributed by atoms with Crippen molar-refractivity contribution in [2.45, 2.75) is 187 Å². The highest BCUT2D eigenvalue weighted by molar-refractivity contribution is 6.74. The third kappa shape index (κ3) is 9.15. The molecule has 0 radical (unpaired) electrons. The number of hydrogen-bond donors (Lipinski definition) is 0. The molecule has 4 aliphatic carbocycles. The zero-order valence-electron chi connectivity index (χ0n) is 32.9. The number of ether oxygens (including phenoxy) is 2. The molecule has 3 saturated carbocycles. The Bertz CT molecular complexity index is 1260. The molecule has 0 aromatic heterocycles. The molecular formula is C41H70O5Si2. The Morgan fingerprint density at radius 3 is 2.21 bits per heavy atom. The third-order valence-corrected chi connectivity index (χ3v) is 22.1. The van der Waals surface area contributed by atoms with Crippen LogP contribution in [0.25, 0.3) is 0 Å². The highest BCUT2D eigenvalue weighted by Gasteiger charge is 2.47. The molecule has 5 nitrogen and oxygen atoms in total. The fourth-order valence-electron chi connectivity index (χ4n) is 7.93. The van der Waals surface area contributed by atoms with Crippen LogP contribution in [0.5, 0.6) is 0 Å². The monoisotopic (exact) mass is 698 g/mol. The van der Waals surface area contributed by atoms with E-state index in [1.807, 2.05) is 0 Å². The SMILES string of the molecule is C=C1/C(=C\C=C2/CCC[C@]3(C)C(C(C)OCC(=O)OC4CCCCC4)=CC[C@@H]23)C[C@@H](O[Si](C)(C)C(C)(C)C)C[C@@H]1O[Si](C)(C)C(C)(C)C. The van der Waals surface area contributed by atoms with Crippen molar-refractivity contribution >= 4 is 22.6 Å². The van der Waals surface area contributed by atoms with Crippen molar-refractivity contribution in [2.24, 2.45) is 11.3 Å². The maximum atomic E-state index is 12.6. The number of esters is 1. The van der Waals surface area contributed by atoms with E-state index in [9.17, 15) is 4.79 Å². The van der Waals surface area contributed by atoms with Gasteiger partial charge in [-0.05, 0) is 129 Å². The van der Waals surface area contributed by atoms with Crippen LogP contribution >= 0.6 is 0 Å². The molecule has 5 atom stereocenters. The summed E-state index contributed by atoms with van der Waals surface area (Å²) in [7, 11) is -3.97. The summed E-state index contributed by atoms with van der Waals surface area (Å²) in [5, 5.41) is 0.280. The zero-order chi connectivity index (χ0) is 35.7. The van der Waals surface area contributed by atoms with Crippen LogP contribution in [0.1, 0.15) is 126 Å². The molecule has 0 amide bonds. The lowest BCUT2D eigenvalue weighted by molar-refractivity contribution is -0.157. The first-order valence-electron chi connectivity index (χ1n) is 19.1. The Labute approximate surface area is 296 Å². The van der Waals surface area contributed by atoms with E-state index < -0.39 is 16.6 Å². The van der Waals surface area contributed by atoms with Gasteiger partial charge in [0.05, 0.1) is 18.3 Å². The third-order valence-electron chi connectivity index (χ3n) is 13.1. The Kier molecular flexibility index (Phi) is 12.5. The second-order valence-corrected chi connectivity index (χ2v) is 28.2. The summed E-state index contributed by atoms with van der Waals surface area (Å²) in [6.45, 7) is 32.6. The number of allylic oxidation sites excluding steroid dienone is 4. The second kappa shape index (κ2) is 15.2. The van der Waals surface area contributed by atoms with Gasteiger partial charge in [0.1, 0.15) is 12.7 Å². The fraction of sp³-hybridized carbons (Fsp3) is 0.780. The van der Waals surface area contributed by atoms with Crippen LogP contribution in [0.2, 0.25) is 36.3 Å². The summed E-state index contributed by atoms with van der Waals surface area (Å²) in [5.74, 6) is 0.234. The molecule has 0 aromatic carbocycles. The first-order chi connectivity index (χ1) is 22.1. The molecule has 272 valence electrons. The predicted molar refractivity (Wildman–Crippen MR) is 205 cm³/mol. The smallest absolute Gasteiger partial charge is 0.332 e.